The molecule has 1 aliphatic carbocycles. The van der Waals surface area contributed by atoms with E-state index in [9.17, 15) is 5.26 Å². The molecule has 0 aromatic carbocycles. The molecule has 1 aliphatic heterocycles. The Bertz CT molecular complexity index is 348. The van der Waals surface area contributed by atoms with Crippen molar-refractivity contribution >= 4 is 0 Å². The molecular weight excluding hydrogens is 260 g/mol. The normalized spacial score (nSPS) is 25.1. The smallest absolute Gasteiger partial charge is 0.105 e. The van der Waals surface area contributed by atoms with Gasteiger partial charge in [-0.1, -0.05) is 12.8 Å². The molecule has 2 aliphatic rings. The van der Waals surface area contributed by atoms with Crippen LogP contribution in [0.25, 0.3) is 0 Å². The van der Waals surface area contributed by atoms with E-state index in [1.165, 1.54) is 51.9 Å². The molecule has 0 bridgehead atoms. The van der Waals surface area contributed by atoms with Crippen LogP contribution in [0.1, 0.15) is 52.9 Å². The average molecular weight is 292 g/mol. The summed E-state index contributed by atoms with van der Waals surface area (Å²) in [5.74, 6) is 0. The van der Waals surface area contributed by atoms with Crippen LogP contribution in [0.4, 0.5) is 0 Å². The van der Waals surface area contributed by atoms with E-state index in [2.05, 4.69) is 35.0 Å². The van der Waals surface area contributed by atoms with Crippen molar-refractivity contribution in [2.75, 3.05) is 32.7 Å². The van der Waals surface area contributed by atoms with E-state index in [4.69, 9.17) is 0 Å². The molecule has 0 aromatic heterocycles. The Morgan fingerprint density at radius 3 is 2.33 bits per heavy atom. The fourth-order valence-electron chi connectivity index (χ4n) is 3.80. The van der Waals surface area contributed by atoms with Gasteiger partial charge < -0.3 is 4.90 Å². The van der Waals surface area contributed by atoms with Crippen LogP contribution in [0.3, 0.4) is 0 Å². The SMILES string of the molecule is CC(C)NC(C)(C#N)CCN1CCN(C2CCCC2)CC1. The molecule has 0 amide bonds. The van der Waals surface area contributed by atoms with Gasteiger partial charge in [0.15, 0.2) is 0 Å². The molecule has 1 heterocycles. The van der Waals surface area contributed by atoms with Gasteiger partial charge in [0.05, 0.1) is 6.07 Å². The third-order valence-corrected chi connectivity index (χ3v) is 5.03. The summed E-state index contributed by atoms with van der Waals surface area (Å²) in [5, 5.41) is 12.8. The van der Waals surface area contributed by atoms with E-state index in [0.717, 1.165) is 19.0 Å². The maximum absolute atomic E-state index is 9.41. The Morgan fingerprint density at radius 2 is 1.81 bits per heavy atom. The van der Waals surface area contributed by atoms with Crippen LogP contribution in [0.2, 0.25) is 0 Å². The number of nitrogens with one attached hydrogen (secondary N) is 1. The zero-order valence-corrected chi connectivity index (χ0v) is 14.1. The van der Waals surface area contributed by atoms with E-state index >= 15 is 0 Å². The second-order valence-corrected chi connectivity index (χ2v) is 7.31. The Balaban J connectivity index is 1.72. The number of piperazine rings is 1. The minimum atomic E-state index is -0.392. The minimum absolute atomic E-state index is 0.355. The third-order valence-electron chi connectivity index (χ3n) is 5.03. The second-order valence-electron chi connectivity index (χ2n) is 7.31. The first kappa shape index (κ1) is 16.7. The molecule has 1 unspecified atom stereocenters. The Hall–Kier alpha value is -0.630. The Morgan fingerprint density at radius 1 is 1.19 bits per heavy atom. The van der Waals surface area contributed by atoms with Crippen LogP contribution in [0.15, 0.2) is 0 Å². The fourth-order valence-corrected chi connectivity index (χ4v) is 3.80. The van der Waals surface area contributed by atoms with Gasteiger partial charge in [-0.15, -0.1) is 0 Å². The van der Waals surface area contributed by atoms with Crippen molar-refractivity contribution in [2.45, 2.75) is 70.5 Å². The molecule has 1 saturated carbocycles. The summed E-state index contributed by atoms with van der Waals surface area (Å²) >= 11 is 0. The highest BCUT2D eigenvalue weighted by Gasteiger charge is 2.28. The highest BCUT2D eigenvalue weighted by Crippen LogP contribution is 2.24. The quantitative estimate of drug-likeness (QED) is 0.815. The van der Waals surface area contributed by atoms with Crippen molar-refractivity contribution in [3.05, 3.63) is 0 Å². The first-order chi connectivity index (χ1) is 10.0. The Kier molecular flexibility index (Phi) is 6.04. The van der Waals surface area contributed by atoms with Gasteiger partial charge in [0, 0.05) is 44.8 Å². The summed E-state index contributed by atoms with van der Waals surface area (Å²) in [6.07, 6.45) is 6.57. The van der Waals surface area contributed by atoms with Crippen LogP contribution in [-0.4, -0.2) is 60.1 Å². The lowest BCUT2D eigenvalue weighted by molar-refractivity contribution is 0.0932. The first-order valence-electron chi connectivity index (χ1n) is 8.68. The van der Waals surface area contributed by atoms with Gasteiger partial charge in [0.25, 0.3) is 0 Å². The number of nitriles is 1. The molecule has 120 valence electrons. The van der Waals surface area contributed by atoms with Crippen LogP contribution >= 0.6 is 0 Å². The highest BCUT2D eigenvalue weighted by molar-refractivity contribution is 5.04. The summed E-state index contributed by atoms with van der Waals surface area (Å²) in [7, 11) is 0. The van der Waals surface area contributed by atoms with Crippen molar-refractivity contribution < 1.29 is 0 Å². The van der Waals surface area contributed by atoms with Gasteiger partial charge >= 0.3 is 0 Å². The van der Waals surface area contributed by atoms with Crippen LogP contribution < -0.4 is 5.32 Å². The maximum atomic E-state index is 9.41. The fraction of sp³-hybridized carbons (Fsp3) is 0.941. The molecule has 0 radical (unpaired) electrons. The lowest BCUT2D eigenvalue weighted by atomic mass is 9.98. The van der Waals surface area contributed by atoms with Gasteiger partial charge in [-0.3, -0.25) is 10.2 Å². The van der Waals surface area contributed by atoms with E-state index in [-0.39, 0.29) is 0 Å². The molecule has 2 rings (SSSR count). The molecule has 1 saturated heterocycles. The Labute approximate surface area is 130 Å². The number of hydrogen-bond acceptors (Lipinski definition) is 4. The molecule has 4 heteroatoms. The van der Waals surface area contributed by atoms with Crippen LogP contribution in [0, 0.1) is 11.3 Å². The van der Waals surface area contributed by atoms with Crippen LogP contribution in [0.5, 0.6) is 0 Å². The van der Waals surface area contributed by atoms with Gasteiger partial charge in [-0.25, -0.2) is 0 Å². The molecule has 4 nitrogen and oxygen atoms in total. The lowest BCUT2D eigenvalue weighted by Gasteiger charge is -2.39. The van der Waals surface area contributed by atoms with Gasteiger partial charge in [0.1, 0.15) is 5.54 Å². The van der Waals surface area contributed by atoms with E-state index in [1.54, 1.807) is 0 Å². The molecular formula is C17H32N4. The zero-order valence-electron chi connectivity index (χ0n) is 14.1. The first-order valence-corrected chi connectivity index (χ1v) is 8.68. The van der Waals surface area contributed by atoms with Crippen molar-refractivity contribution in [1.82, 2.24) is 15.1 Å². The van der Waals surface area contributed by atoms with Gasteiger partial charge in [-0.2, -0.15) is 5.26 Å². The second kappa shape index (κ2) is 7.58. The van der Waals surface area contributed by atoms with E-state index in [1.807, 2.05) is 6.92 Å². The maximum Gasteiger partial charge on any atom is 0.105 e. The molecule has 0 spiro atoms. The molecule has 2 fully saturated rings. The van der Waals surface area contributed by atoms with Crippen molar-refractivity contribution in [1.29, 1.82) is 5.26 Å². The zero-order chi connectivity index (χ0) is 15.3. The topological polar surface area (TPSA) is 42.3 Å². The predicted octanol–water partition coefficient (Wildman–Crippen LogP) is 2.22. The molecule has 1 N–H and O–H groups in total. The van der Waals surface area contributed by atoms with Gasteiger partial charge in [-0.05, 0) is 40.0 Å². The van der Waals surface area contributed by atoms with Gasteiger partial charge in [0.2, 0.25) is 0 Å². The number of hydrogen-bond donors (Lipinski definition) is 1. The lowest BCUT2D eigenvalue weighted by Crippen LogP contribution is -2.52. The molecule has 21 heavy (non-hydrogen) atoms. The summed E-state index contributed by atoms with van der Waals surface area (Å²) < 4.78 is 0. The predicted molar refractivity (Wildman–Crippen MR) is 87.2 cm³/mol. The summed E-state index contributed by atoms with van der Waals surface area (Å²) in [5.41, 5.74) is -0.392. The van der Waals surface area contributed by atoms with Crippen LogP contribution in [-0.2, 0) is 0 Å². The minimum Gasteiger partial charge on any atom is -0.301 e. The standard InChI is InChI=1S/C17H32N4/c1-15(2)19-17(3,14-18)8-9-20-10-12-21(13-11-20)16-6-4-5-7-16/h15-16,19H,4-13H2,1-3H3. The van der Waals surface area contributed by atoms with Crippen molar-refractivity contribution in [2.24, 2.45) is 0 Å². The van der Waals surface area contributed by atoms with E-state index < -0.39 is 5.54 Å². The summed E-state index contributed by atoms with van der Waals surface area (Å²) in [6.45, 7) is 12.0. The third kappa shape index (κ3) is 4.95. The summed E-state index contributed by atoms with van der Waals surface area (Å²) in [6, 6.07) is 3.67. The number of nitrogens with zero attached hydrogens (tertiary/aromatic N) is 3. The van der Waals surface area contributed by atoms with Crippen molar-refractivity contribution in [3.63, 3.8) is 0 Å². The van der Waals surface area contributed by atoms with E-state index in [0.29, 0.717) is 6.04 Å². The monoisotopic (exact) mass is 292 g/mol. The largest absolute Gasteiger partial charge is 0.301 e. The molecule has 1 atom stereocenters. The van der Waals surface area contributed by atoms with Crippen molar-refractivity contribution in [3.8, 4) is 6.07 Å². The molecule has 0 aromatic rings. The number of rotatable bonds is 6. The highest BCUT2D eigenvalue weighted by atomic mass is 15.3. The summed E-state index contributed by atoms with van der Waals surface area (Å²) in [4.78, 5) is 5.22. The average Bonchev–Trinajstić information content (AvgIpc) is 2.99.